The van der Waals surface area contributed by atoms with Gasteiger partial charge >= 0.3 is 0 Å². The molecule has 3 nitrogen and oxygen atoms in total. The fourth-order valence-electron chi connectivity index (χ4n) is 3.28. The Balaban J connectivity index is 1.73. The van der Waals surface area contributed by atoms with E-state index in [1.807, 2.05) is 0 Å². The van der Waals surface area contributed by atoms with Crippen LogP contribution in [0.1, 0.15) is 62.0 Å². The molecule has 0 unspecified atom stereocenters. The van der Waals surface area contributed by atoms with Crippen LogP contribution < -0.4 is 5.32 Å². The normalized spacial score (nSPS) is 27.8. The zero-order valence-corrected chi connectivity index (χ0v) is 11.3. The number of hydrogen-bond acceptors (Lipinski definition) is 3. The van der Waals surface area contributed by atoms with Gasteiger partial charge < -0.3 is 5.32 Å². The fraction of sp³-hybridized carbons (Fsp3) is 0.733. The van der Waals surface area contributed by atoms with Crippen molar-refractivity contribution in [1.29, 1.82) is 0 Å². The Kier molecular flexibility index (Phi) is 3.59. The van der Waals surface area contributed by atoms with Gasteiger partial charge in [0, 0.05) is 42.9 Å². The molecule has 1 aromatic rings. The van der Waals surface area contributed by atoms with E-state index in [2.05, 4.69) is 23.4 Å². The first kappa shape index (κ1) is 12.1. The summed E-state index contributed by atoms with van der Waals surface area (Å²) in [5, 5.41) is 3.37. The molecule has 2 aliphatic rings. The van der Waals surface area contributed by atoms with Crippen molar-refractivity contribution < 1.29 is 0 Å². The van der Waals surface area contributed by atoms with Crippen LogP contribution in [-0.4, -0.2) is 16.5 Å². The topological polar surface area (TPSA) is 37.8 Å². The summed E-state index contributed by atoms with van der Waals surface area (Å²) in [4.78, 5) is 9.45. The third kappa shape index (κ3) is 2.41. The minimum Gasteiger partial charge on any atom is -0.312 e. The minimum atomic E-state index is 0.619. The quantitative estimate of drug-likeness (QED) is 0.870. The van der Waals surface area contributed by atoms with Crippen LogP contribution in [-0.2, 0) is 13.0 Å². The van der Waals surface area contributed by atoms with E-state index in [1.54, 1.807) is 0 Å². The van der Waals surface area contributed by atoms with Gasteiger partial charge in [0.2, 0.25) is 0 Å². The van der Waals surface area contributed by atoms with Gasteiger partial charge in [-0.15, -0.1) is 0 Å². The lowest BCUT2D eigenvalue weighted by molar-refractivity contribution is 0.311. The van der Waals surface area contributed by atoms with Gasteiger partial charge in [0.25, 0.3) is 0 Å². The van der Waals surface area contributed by atoms with E-state index in [4.69, 9.17) is 4.98 Å². The number of fused-ring (bicyclic) bond motifs is 1. The molecule has 1 N–H and O–H groups in total. The van der Waals surface area contributed by atoms with Crippen molar-refractivity contribution in [2.24, 2.45) is 5.92 Å². The lowest BCUT2D eigenvalue weighted by atomic mass is 9.80. The molecule has 2 heterocycles. The summed E-state index contributed by atoms with van der Waals surface area (Å²) in [6.45, 7) is 4.32. The van der Waals surface area contributed by atoms with Gasteiger partial charge in [-0.2, -0.15) is 0 Å². The molecule has 98 valence electrons. The summed E-state index contributed by atoms with van der Waals surface area (Å²) in [7, 11) is 0. The van der Waals surface area contributed by atoms with E-state index in [9.17, 15) is 0 Å². The molecule has 0 radical (unpaired) electrons. The van der Waals surface area contributed by atoms with Crippen molar-refractivity contribution in [3.8, 4) is 0 Å². The second-order valence-electron chi connectivity index (χ2n) is 5.75. The summed E-state index contributed by atoms with van der Waals surface area (Å²) < 4.78 is 0. The Labute approximate surface area is 109 Å². The van der Waals surface area contributed by atoms with Crippen molar-refractivity contribution in [2.45, 2.75) is 57.9 Å². The highest BCUT2D eigenvalue weighted by Gasteiger charge is 2.24. The molecule has 1 aliphatic carbocycles. The van der Waals surface area contributed by atoms with E-state index in [0.717, 1.165) is 31.3 Å². The van der Waals surface area contributed by atoms with Gasteiger partial charge in [-0.25, -0.2) is 9.97 Å². The monoisotopic (exact) mass is 245 g/mol. The molecule has 1 fully saturated rings. The van der Waals surface area contributed by atoms with Crippen molar-refractivity contribution in [3.05, 3.63) is 23.3 Å². The third-order valence-corrected chi connectivity index (χ3v) is 4.62. The highest BCUT2D eigenvalue weighted by Crippen LogP contribution is 2.35. The molecule has 0 amide bonds. The molecule has 0 aromatic carbocycles. The molecule has 0 saturated heterocycles. The predicted molar refractivity (Wildman–Crippen MR) is 72.4 cm³/mol. The van der Waals surface area contributed by atoms with Crippen molar-refractivity contribution in [2.75, 3.05) is 6.54 Å². The lowest BCUT2D eigenvalue weighted by Crippen LogP contribution is -2.26. The number of nitrogens with one attached hydrogen (secondary N) is 1. The molecular formula is C15H23N3. The van der Waals surface area contributed by atoms with Crippen LogP contribution in [0.15, 0.2) is 6.20 Å². The van der Waals surface area contributed by atoms with Gasteiger partial charge in [-0.3, -0.25) is 0 Å². The molecule has 0 spiro atoms. The van der Waals surface area contributed by atoms with Gasteiger partial charge in [-0.1, -0.05) is 13.3 Å². The summed E-state index contributed by atoms with van der Waals surface area (Å²) >= 11 is 0. The molecule has 1 saturated carbocycles. The van der Waals surface area contributed by atoms with Crippen LogP contribution in [0.3, 0.4) is 0 Å². The first-order valence-electron chi connectivity index (χ1n) is 7.42. The predicted octanol–water partition coefficient (Wildman–Crippen LogP) is 2.81. The van der Waals surface area contributed by atoms with E-state index in [0.29, 0.717) is 5.92 Å². The standard InChI is InChI=1S/C15H23N3/c1-2-11-3-5-12(6-4-11)15-17-10-13-9-16-8-7-14(13)18-15/h10-12,16H,2-9H2,1H3. The molecule has 3 rings (SSSR count). The first-order chi connectivity index (χ1) is 8.86. The summed E-state index contributed by atoms with van der Waals surface area (Å²) in [5.41, 5.74) is 2.59. The average Bonchev–Trinajstić information content (AvgIpc) is 2.47. The smallest absolute Gasteiger partial charge is 0.131 e. The summed E-state index contributed by atoms with van der Waals surface area (Å²) in [5.74, 6) is 2.68. The van der Waals surface area contributed by atoms with Gasteiger partial charge in [0.05, 0.1) is 0 Å². The Morgan fingerprint density at radius 1 is 1.28 bits per heavy atom. The van der Waals surface area contributed by atoms with Crippen LogP contribution >= 0.6 is 0 Å². The molecular weight excluding hydrogens is 222 g/mol. The zero-order valence-electron chi connectivity index (χ0n) is 11.3. The average molecular weight is 245 g/mol. The molecule has 0 bridgehead atoms. The largest absolute Gasteiger partial charge is 0.312 e. The van der Waals surface area contributed by atoms with E-state index in [-0.39, 0.29) is 0 Å². The number of nitrogens with zero attached hydrogens (tertiary/aromatic N) is 2. The van der Waals surface area contributed by atoms with Crippen molar-refractivity contribution >= 4 is 0 Å². The van der Waals surface area contributed by atoms with Crippen LogP contribution in [0.25, 0.3) is 0 Å². The highest BCUT2D eigenvalue weighted by atomic mass is 14.9. The molecule has 1 aliphatic heterocycles. The van der Waals surface area contributed by atoms with E-state index < -0.39 is 0 Å². The second-order valence-corrected chi connectivity index (χ2v) is 5.75. The Morgan fingerprint density at radius 2 is 2.11 bits per heavy atom. The molecule has 0 atom stereocenters. The van der Waals surface area contributed by atoms with Crippen LogP contribution in [0.5, 0.6) is 0 Å². The summed E-state index contributed by atoms with van der Waals surface area (Å²) in [6.07, 6.45) is 9.76. The third-order valence-electron chi connectivity index (χ3n) is 4.62. The zero-order chi connectivity index (χ0) is 12.4. The summed E-state index contributed by atoms with van der Waals surface area (Å²) in [6, 6.07) is 0. The fourth-order valence-corrected chi connectivity index (χ4v) is 3.28. The molecule has 1 aromatic heterocycles. The molecule has 3 heteroatoms. The highest BCUT2D eigenvalue weighted by molar-refractivity contribution is 5.21. The Hall–Kier alpha value is -0.960. The van der Waals surface area contributed by atoms with E-state index in [1.165, 1.54) is 43.4 Å². The minimum absolute atomic E-state index is 0.619. The van der Waals surface area contributed by atoms with Crippen LogP contribution in [0, 0.1) is 5.92 Å². The van der Waals surface area contributed by atoms with E-state index >= 15 is 0 Å². The number of aromatic nitrogens is 2. The Morgan fingerprint density at radius 3 is 2.89 bits per heavy atom. The van der Waals surface area contributed by atoms with Crippen molar-refractivity contribution in [3.63, 3.8) is 0 Å². The SMILES string of the molecule is CCC1CCC(c2ncc3c(n2)CCNC3)CC1. The maximum absolute atomic E-state index is 4.84. The first-order valence-corrected chi connectivity index (χ1v) is 7.42. The Bertz CT molecular complexity index is 408. The van der Waals surface area contributed by atoms with Gasteiger partial charge in [0.1, 0.15) is 5.82 Å². The lowest BCUT2D eigenvalue weighted by Gasteiger charge is -2.27. The van der Waals surface area contributed by atoms with Crippen molar-refractivity contribution in [1.82, 2.24) is 15.3 Å². The maximum atomic E-state index is 4.84. The van der Waals surface area contributed by atoms with Gasteiger partial charge in [0.15, 0.2) is 0 Å². The molecule has 18 heavy (non-hydrogen) atoms. The van der Waals surface area contributed by atoms with Gasteiger partial charge in [-0.05, 0) is 31.6 Å². The second kappa shape index (κ2) is 5.35. The maximum Gasteiger partial charge on any atom is 0.131 e. The number of hydrogen-bond donors (Lipinski definition) is 1. The number of rotatable bonds is 2. The van der Waals surface area contributed by atoms with Crippen LogP contribution in [0.2, 0.25) is 0 Å². The van der Waals surface area contributed by atoms with Crippen LogP contribution in [0.4, 0.5) is 0 Å².